The van der Waals surface area contributed by atoms with Gasteiger partial charge in [0.25, 0.3) is 0 Å². The standard InChI is InChI=1S/C34H41N3O7/c1-2-3-4-10-21-35-32(38)41-25-27-12-9-8-11-26(27)24-36-33(39)43-31-19-22-37(23-20-31)34(40)44-30-17-15-29(16-18-30)42-28-13-6-5-7-14-28/h5-9,11-18,31H,2-4,10,19-25H2,1H3,(H,35,38)(H,36,39). The number of carbonyl (C=O) groups is 3. The Labute approximate surface area is 258 Å². The van der Waals surface area contributed by atoms with Crippen LogP contribution in [0.15, 0.2) is 78.9 Å². The molecule has 3 amide bonds. The summed E-state index contributed by atoms with van der Waals surface area (Å²) in [5.74, 6) is 1.78. The maximum Gasteiger partial charge on any atom is 0.415 e. The van der Waals surface area contributed by atoms with Crippen molar-refractivity contribution in [2.75, 3.05) is 19.6 Å². The van der Waals surface area contributed by atoms with Crippen molar-refractivity contribution in [3.63, 3.8) is 0 Å². The molecule has 1 saturated heterocycles. The lowest BCUT2D eigenvalue weighted by atomic mass is 10.1. The number of unbranched alkanes of at least 4 members (excludes halogenated alkanes) is 3. The van der Waals surface area contributed by atoms with Gasteiger partial charge in [-0.25, -0.2) is 14.4 Å². The maximum atomic E-state index is 12.7. The van der Waals surface area contributed by atoms with Crippen LogP contribution in [0, 0.1) is 0 Å². The van der Waals surface area contributed by atoms with Crippen LogP contribution < -0.4 is 20.1 Å². The number of para-hydroxylation sites is 1. The van der Waals surface area contributed by atoms with Gasteiger partial charge in [-0.1, -0.05) is 68.7 Å². The second kappa shape index (κ2) is 17.4. The Balaban J connectivity index is 1.13. The van der Waals surface area contributed by atoms with E-state index in [-0.39, 0.29) is 19.3 Å². The van der Waals surface area contributed by atoms with Crippen molar-refractivity contribution < 1.29 is 33.3 Å². The second-order valence-electron chi connectivity index (χ2n) is 10.5. The molecule has 0 bridgehead atoms. The molecule has 0 radical (unpaired) electrons. The third-order valence-corrected chi connectivity index (χ3v) is 7.18. The van der Waals surface area contributed by atoms with E-state index in [1.54, 1.807) is 29.2 Å². The summed E-state index contributed by atoms with van der Waals surface area (Å²) >= 11 is 0. The number of hydrogen-bond donors (Lipinski definition) is 2. The smallest absolute Gasteiger partial charge is 0.415 e. The molecule has 0 atom stereocenters. The van der Waals surface area contributed by atoms with Crippen LogP contribution in [0.3, 0.4) is 0 Å². The highest BCUT2D eigenvalue weighted by molar-refractivity contribution is 5.71. The van der Waals surface area contributed by atoms with Crippen LogP contribution in [0.5, 0.6) is 17.2 Å². The van der Waals surface area contributed by atoms with E-state index in [0.717, 1.165) is 42.6 Å². The summed E-state index contributed by atoms with van der Waals surface area (Å²) in [5.41, 5.74) is 1.64. The zero-order chi connectivity index (χ0) is 31.0. The van der Waals surface area contributed by atoms with E-state index in [4.69, 9.17) is 18.9 Å². The summed E-state index contributed by atoms with van der Waals surface area (Å²) < 4.78 is 22.2. The van der Waals surface area contributed by atoms with Gasteiger partial charge in [-0.3, -0.25) is 0 Å². The van der Waals surface area contributed by atoms with Crippen molar-refractivity contribution in [2.45, 2.75) is 64.7 Å². The Kier molecular flexibility index (Phi) is 12.7. The van der Waals surface area contributed by atoms with Crippen LogP contribution in [-0.2, 0) is 22.6 Å². The van der Waals surface area contributed by atoms with Crippen molar-refractivity contribution in [3.8, 4) is 17.2 Å². The van der Waals surface area contributed by atoms with E-state index < -0.39 is 18.3 Å². The van der Waals surface area contributed by atoms with E-state index >= 15 is 0 Å². The quantitative estimate of drug-likeness (QED) is 0.199. The van der Waals surface area contributed by atoms with Crippen molar-refractivity contribution in [3.05, 3.63) is 90.0 Å². The minimum atomic E-state index is -0.538. The van der Waals surface area contributed by atoms with Crippen molar-refractivity contribution in [2.24, 2.45) is 0 Å². The number of hydrogen-bond acceptors (Lipinski definition) is 7. The predicted octanol–water partition coefficient (Wildman–Crippen LogP) is 7.18. The number of nitrogens with one attached hydrogen (secondary N) is 2. The molecule has 0 aliphatic carbocycles. The van der Waals surface area contributed by atoms with Gasteiger partial charge < -0.3 is 34.5 Å². The fourth-order valence-corrected chi connectivity index (χ4v) is 4.69. The van der Waals surface area contributed by atoms with Crippen LogP contribution in [-0.4, -0.2) is 48.9 Å². The lowest BCUT2D eigenvalue weighted by Gasteiger charge is -2.30. The van der Waals surface area contributed by atoms with Gasteiger partial charge in [0.2, 0.25) is 0 Å². The average molecular weight is 604 g/mol. The fourth-order valence-electron chi connectivity index (χ4n) is 4.69. The molecule has 3 aromatic rings. The molecule has 0 unspecified atom stereocenters. The topological polar surface area (TPSA) is 115 Å². The summed E-state index contributed by atoms with van der Waals surface area (Å²) in [6.45, 7) is 3.89. The third kappa shape index (κ3) is 10.8. The molecule has 3 aromatic carbocycles. The number of ether oxygens (including phenoxy) is 4. The van der Waals surface area contributed by atoms with Crippen LogP contribution >= 0.6 is 0 Å². The van der Waals surface area contributed by atoms with Crippen LogP contribution in [0.4, 0.5) is 14.4 Å². The molecule has 4 rings (SSSR count). The van der Waals surface area contributed by atoms with Gasteiger partial charge in [0, 0.05) is 39.0 Å². The van der Waals surface area contributed by atoms with E-state index in [2.05, 4.69) is 17.6 Å². The normalized spacial score (nSPS) is 13.1. The van der Waals surface area contributed by atoms with Crippen molar-refractivity contribution in [1.29, 1.82) is 0 Å². The molecule has 1 fully saturated rings. The van der Waals surface area contributed by atoms with Gasteiger partial charge >= 0.3 is 18.3 Å². The highest BCUT2D eigenvalue weighted by Crippen LogP contribution is 2.24. The van der Waals surface area contributed by atoms with Crippen LogP contribution in [0.1, 0.15) is 56.6 Å². The number of benzene rings is 3. The minimum Gasteiger partial charge on any atom is -0.457 e. The molecule has 10 nitrogen and oxygen atoms in total. The zero-order valence-corrected chi connectivity index (χ0v) is 25.2. The molecule has 0 spiro atoms. The van der Waals surface area contributed by atoms with Gasteiger partial charge in [-0.15, -0.1) is 0 Å². The SMILES string of the molecule is CCCCCCNC(=O)OCc1ccccc1CNC(=O)OC1CCN(C(=O)Oc2ccc(Oc3ccccc3)cc2)CC1. The Morgan fingerprint density at radius 2 is 1.41 bits per heavy atom. The zero-order valence-electron chi connectivity index (χ0n) is 25.2. The molecule has 1 aliphatic heterocycles. The number of rotatable bonds is 13. The Morgan fingerprint density at radius 3 is 2.14 bits per heavy atom. The average Bonchev–Trinajstić information content (AvgIpc) is 3.05. The van der Waals surface area contributed by atoms with E-state index in [1.165, 1.54) is 0 Å². The molecular weight excluding hydrogens is 562 g/mol. The molecule has 0 aromatic heterocycles. The monoisotopic (exact) mass is 603 g/mol. The highest BCUT2D eigenvalue weighted by Gasteiger charge is 2.26. The van der Waals surface area contributed by atoms with Gasteiger partial charge in [-0.05, 0) is 53.9 Å². The molecule has 234 valence electrons. The first-order valence-electron chi connectivity index (χ1n) is 15.2. The third-order valence-electron chi connectivity index (χ3n) is 7.18. The van der Waals surface area contributed by atoms with Gasteiger partial charge in [0.05, 0.1) is 0 Å². The summed E-state index contributed by atoms with van der Waals surface area (Å²) in [6, 6.07) is 23.7. The fraction of sp³-hybridized carbons (Fsp3) is 0.382. The number of nitrogens with zero attached hydrogens (tertiary/aromatic N) is 1. The number of carbonyl (C=O) groups excluding carboxylic acids is 3. The summed E-state index contributed by atoms with van der Waals surface area (Å²) in [6.07, 6.45) is 3.55. The molecule has 1 aliphatic rings. The number of alkyl carbamates (subject to hydrolysis) is 2. The highest BCUT2D eigenvalue weighted by atomic mass is 16.6. The minimum absolute atomic E-state index is 0.105. The van der Waals surface area contributed by atoms with Crippen molar-refractivity contribution >= 4 is 18.3 Å². The first kappa shape index (κ1) is 32.2. The van der Waals surface area contributed by atoms with E-state index in [9.17, 15) is 14.4 Å². The molecule has 10 heteroatoms. The maximum absolute atomic E-state index is 12.7. The first-order valence-corrected chi connectivity index (χ1v) is 15.2. The lowest BCUT2D eigenvalue weighted by Crippen LogP contribution is -2.43. The number of amides is 3. The molecular formula is C34H41N3O7. The van der Waals surface area contributed by atoms with Crippen LogP contribution in [0.25, 0.3) is 0 Å². The first-order chi connectivity index (χ1) is 21.5. The molecule has 1 heterocycles. The predicted molar refractivity (Wildman–Crippen MR) is 166 cm³/mol. The molecule has 44 heavy (non-hydrogen) atoms. The van der Waals surface area contributed by atoms with Gasteiger partial charge in [-0.2, -0.15) is 0 Å². The number of likely N-dealkylation sites (tertiary alicyclic amines) is 1. The second-order valence-corrected chi connectivity index (χ2v) is 10.5. The Morgan fingerprint density at radius 1 is 0.750 bits per heavy atom. The van der Waals surface area contributed by atoms with E-state index in [1.807, 2.05) is 54.6 Å². The Bertz CT molecular complexity index is 1330. The molecule has 0 saturated carbocycles. The van der Waals surface area contributed by atoms with E-state index in [0.29, 0.717) is 44.0 Å². The molecule has 2 N–H and O–H groups in total. The van der Waals surface area contributed by atoms with Gasteiger partial charge in [0.1, 0.15) is 30.0 Å². The Hall–Kier alpha value is -4.73. The van der Waals surface area contributed by atoms with Gasteiger partial charge in [0.15, 0.2) is 0 Å². The summed E-state index contributed by atoms with van der Waals surface area (Å²) in [7, 11) is 0. The van der Waals surface area contributed by atoms with Crippen molar-refractivity contribution in [1.82, 2.24) is 15.5 Å². The van der Waals surface area contributed by atoms with Crippen LogP contribution in [0.2, 0.25) is 0 Å². The summed E-state index contributed by atoms with van der Waals surface area (Å²) in [4.78, 5) is 38.8. The lowest BCUT2D eigenvalue weighted by molar-refractivity contribution is 0.0522. The largest absolute Gasteiger partial charge is 0.457 e. The number of piperidine rings is 1. The summed E-state index contributed by atoms with van der Waals surface area (Å²) in [5, 5.41) is 5.55.